The summed E-state index contributed by atoms with van der Waals surface area (Å²) in [5.74, 6) is -0.440. The highest BCUT2D eigenvalue weighted by atomic mass is 79.9. The second-order valence-electron chi connectivity index (χ2n) is 8.34. The first-order chi connectivity index (χ1) is 14.5. The van der Waals surface area contributed by atoms with Gasteiger partial charge in [0.15, 0.2) is 11.6 Å². The number of ketones is 2. The van der Waals surface area contributed by atoms with E-state index in [1.807, 2.05) is 27.7 Å². The largest absolute Gasteiger partial charge is 0.453 e. The van der Waals surface area contributed by atoms with Gasteiger partial charge >= 0.3 is 6.09 Å². The summed E-state index contributed by atoms with van der Waals surface area (Å²) < 4.78 is 5.01. The Morgan fingerprint density at radius 3 is 2.35 bits per heavy atom. The number of carbonyl (C=O) groups excluding carboxylic acids is 4. The third kappa shape index (κ3) is 6.32. The van der Waals surface area contributed by atoms with E-state index in [1.165, 1.54) is 23.8 Å². The Morgan fingerprint density at radius 2 is 1.81 bits per heavy atom. The van der Waals surface area contributed by atoms with Gasteiger partial charge in [-0.3, -0.25) is 14.4 Å². The van der Waals surface area contributed by atoms with Crippen LogP contribution in [0.1, 0.15) is 50.9 Å². The lowest BCUT2D eigenvalue weighted by Crippen LogP contribution is -2.56. The summed E-state index contributed by atoms with van der Waals surface area (Å²) in [4.78, 5) is 52.1. The van der Waals surface area contributed by atoms with Gasteiger partial charge in [-0.25, -0.2) is 4.79 Å². The van der Waals surface area contributed by atoms with Crippen LogP contribution in [0.2, 0.25) is 0 Å². The average molecular weight is 513 g/mol. The molecule has 2 atom stereocenters. The van der Waals surface area contributed by atoms with Crippen molar-refractivity contribution >= 4 is 51.3 Å². The second-order valence-corrected chi connectivity index (χ2v) is 10.9. The number of ether oxygens (including phenoxy) is 1. The molecular weight excluding hydrogens is 484 g/mol. The van der Waals surface area contributed by atoms with Crippen LogP contribution in [0, 0.1) is 5.92 Å². The molecule has 31 heavy (non-hydrogen) atoms. The zero-order chi connectivity index (χ0) is 23.3. The molecule has 1 aliphatic rings. The molecule has 1 saturated heterocycles. The van der Waals surface area contributed by atoms with Crippen molar-refractivity contribution in [1.82, 2.24) is 10.2 Å². The number of halogens is 1. The number of nitrogens with one attached hydrogen (secondary N) is 1. The number of carbonyl (C=O) groups is 4. The van der Waals surface area contributed by atoms with Gasteiger partial charge in [0.25, 0.3) is 0 Å². The first-order valence-corrected chi connectivity index (χ1v) is 11.9. The summed E-state index contributed by atoms with van der Waals surface area (Å²) in [5, 5.41) is 2.58. The Bertz CT molecular complexity index is 841. The predicted octanol–water partition coefficient (Wildman–Crippen LogP) is 4.04. The Balaban J connectivity index is 2.14. The van der Waals surface area contributed by atoms with Gasteiger partial charge in [-0.15, -0.1) is 11.8 Å². The van der Waals surface area contributed by atoms with E-state index in [2.05, 4.69) is 26.0 Å². The van der Waals surface area contributed by atoms with Crippen molar-refractivity contribution in [3.05, 3.63) is 34.3 Å². The molecule has 2 amide bonds. The molecule has 0 spiro atoms. The summed E-state index contributed by atoms with van der Waals surface area (Å²) in [7, 11) is 1.24. The highest BCUT2D eigenvalue weighted by Gasteiger charge is 2.49. The van der Waals surface area contributed by atoms with E-state index in [0.29, 0.717) is 11.4 Å². The Kier molecular flexibility index (Phi) is 8.71. The van der Waals surface area contributed by atoms with Crippen LogP contribution in [-0.4, -0.2) is 58.3 Å². The lowest BCUT2D eigenvalue weighted by Gasteiger charge is -2.33. The van der Waals surface area contributed by atoms with Crippen molar-refractivity contribution in [2.75, 3.05) is 13.0 Å². The standard InChI is InChI=1S/C22H29BrN2O5S/c1-13(2)18(24-21(29)30-5)20(28)25-12-31-22(3,4)19(25)17(27)11-10-16(26)14-6-8-15(23)9-7-14/h6-9,13,18-19H,10-12H2,1-5H3,(H,24,29)/t18-,19+/m0/s1. The number of Topliss-reactive ketones (excluding diaryl/α,β-unsaturated/α-hetero) is 2. The van der Waals surface area contributed by atoms with Crippen LogP contribution in [0.5, 0.6) is 0 Å². The third-order valence-electron chi connectivity index (χ3n) is 5.29. The number of alkyl carbamates (subject to hydrolysis) is 1. The molecule has 9 heteroatoms. The minimum atomic E-state index is -0.804. The molecule has 2 rings (SSSR count). The number of nitrogens with zero attached hydrogens (tertiary/aromatic N) is 1. The van der Waals surface area contributed by atoms with Crippen LogP contribution in [0.25, 0.3) is 0 Å². The SMILES string of the molecule is COC(=O)N[C@H](C(=O)N1CSC(C)(C)[C@H]1C(=O)CCC(=O)c1ccc(Br)cc1)C(C)C. The summed E-state index contributed by atoms with van der Waals surface area (Å²) in [5.41, 5.74) is 0.547. The molecule has 1 fully saturated rings. The van der Waals surface area contributed by atoms with Gasteiger partial charge in [-0.2, -0.15) is 0 Å². The number of benzene rings is 1. The molecule has 0 aliphatic carbocycles. The van der Waals surface area contributed by atoms with Crippen LogP contribution in [0.3, 0.4) is 0 Å². The molecule has 1 aromatic rings. The molecule has 170 valence electrons. The lowest BCUT2D eigenvalue weighted by atomic mass is 9.92. The number of thioether (sulfide) groups is 1. The van der Waals surface area contributed by atoms with Gasteiger partial charge in [0.05, 0.1) is 13.0 Å². The molecule has 7 nitrogen and oxygen atoms in total. The van der Waals surface area contributed by atoms with E-state index in [0.717, 1.165) is 4.47 Å². The fourth-order valence-electron chi connectivity index (χ4n) is 3.55. The average Bonchev–Trinajstić information content (AvgIpc) is 3.04. The van der Waals surface area contributed by atoms with Crippen LogP contribution in [0.4, 0.5) is 4.79 Å². The number of hydrogen-bond acceptors (Lipinski definition) is 6. The van der Waals surface area contributed by atoms with E-state index in [4.69, 9.17) is 0 Å². The van der Waals surface area contributed by atoms with Crippen molar-refractivity contribution in [2.24, 2.45) is 5.92 Å². The van der Waals surface area contributed by atoms with Gasteiger partial charge in [-0.05, 0) is 31.9 Å². The van der Waals surface area contributed by atoms with E-state index < -0.39 is 22.9 Å². The third-order valence-corrected chi connectivity index (χ3v) is 7.19. The first kappa shape index (κ1) is 25.4. The Morgan fingerprint density at radius 1 is 1.19 bits per heavy atom. The lowest BCUT2D eigenvalue weighted by molar-refractivity contribution is -0.141. The zero-order valence-corrected chi connectivity index (χ0v) is 20.8. The molecule has 0 aromatic heterocycles. The number of hydrogen-bond donors (Lipinski definition) is 1. The minimum absolute atomic E-state index is 0.0457. The summed E-state index contributed by atoms with van der Waals surface area (Å²) >= 11 is 4.84. The van der Waals surface area contributed by atoms with Crippen molar-refractivity contribution in [2.45, 2.75) is 57.4 Å². The van der Waals surface area contributed by atoms with Gasteiger partial charge in [0.2, 0.25) is 5.91 Å². The predicted molar refractivity (Wildman–Crippen MR) is 124 cm³/mol. The maximum Gasteiger partial charge on any atom is 0.407 e. The minimum Gasteiger partial charge on any atom is -0.453 e. The van der Waals surface area contributed by atoms with E-state index in [9.17, 15) is 19.2 Å². The van der Waals surface area contributed by atoms with Gasteiger partial charge < -0.3 is 15.0 Å². The van der Waals surface area contributed by atoms with Crippen molar-refractivity contribution in [3.63, 3.8) is 0 Å². The summed E-state index contributed by atoms with van der Waals surface area (Å²) in [6.07, 6.45) is -0.571. The van der Waals surface area contributed by atoms with Crippen molar-refractivity contribution in [1.29, 1.82) is 0 Å². The number of methoxy groups -OCH3 is 1. The topological polar surface area (TPSA) is 92.8 Å². The molecule has 0 saturated carbocycles. The molecule has 0 unspecified atom stereocenters. The quantitative estimate of drug-likeness (QED) is 0.528. The Hall–Kier alpha value is -1.87. The molecule has 1 aliphatic heterocycles. The molecule has 0 radical (unpaired) electrons. The van der Waals surface area contributed by atoms with Crippen LogP contribution in [0.15, 0.2) is 28.7 Å². The maximum atomic E-state index is 13.3. The number of rotatable bonds is 8. The van der Waals surface area contributed by atoms with Crippen molar-refractivity contribution < 1.29 is 23.9 Å². The van der Waals surface area contributed by atoms with E-state index in [-0.39, 0.29) is 36.2 Å². The summed E-state index contributed by atoms with van der Waals surface area (Å²) in [6, 6.07) is 5.52. The fourth-order valence-corrected chi connectivity index (χ4v) is 4.98. The molecule has 1 aromatic carbocycles. The Labute approximate surface area is 195 Å². The molecule has 1 heterocycles. The fraction of sp³-hybridized carbons (Fsp3) is 0.545. The van der Waals surface area contributed by atoms with Gasteiger partial charge in [-0.1, -0.05) is 41.9 Å². The van der Waals surface area contributed by atoms with E-state index in [1.54, 1.807) is 24.3 Å². The number of amides is 2. The highest BCUT2D eigenvalue weighted by Crippen LogP contribution is 2.40. The zero-order valence-electron chi connectivity index (χ0n) is 18.4. The highest BCUT2D eigenvalue weighted by molar-refractivity contribution is 9.10. The normalized spacial score (nSPS) is 18.5. The smallest absolute Gasteiger partial charge is 0.407 e. The molecule has 1 N–H and O–H groups in total. The first-order valence-electron chi connectivity index (χ1n) is 10.1. The van der Waals surface area contributed by atoms with E-state index >= 15 is 0 Å². The second kappa shape index (κ2) is 10.6. The maximum absolute atomic E-state index is 13.3. The summed E-state index contributed by atoms with van der Waals surface area (Å²) in [6.45, 7) is 7.48. The van der Waals surface area contributed by atoms with Crippen LogP contribution < -0.4 is 5.32 Å². The van der Waals surface area contributed by atoms with Crippen LogP contribution >= 0.6 is 27.7 Å². The monoisotopic (exact) mass is 512 g/mol. The van der Waals surface area contributed by atoms with Crippen molar-refractivity contribution in [3.8, 4) is 0 Å². The van der Waals surface area contributed by atoms with Gasteiger partial charge in [0, 0.05) is 27.6 Å². The van der Waals surface area contributed by atoms with Gasteiger partial charge in [0.1, 0.15) is 12.1 Å². The molecular formula is C22H29BrN2O5S. The molecule has 0 bridgehead atoms. The van der Waals surface area contributed by atoms with Crippen LogP contribution in [-0.2, 0) is 14.3 Å².